The Morgan fingerprint density at radius 2 is 1.71 bits per heavy atom. The summed E-state index contributed by atoms with van der Waals surface area (Å²) in [4.78, 5) is 0.207. The molecule has 0 spiro atoms. The van der Waals surface area contributed by atoms with E-state index >= 15 is 0 Å². The third-order valence-corrected chi connectivity index (χ3v) is 6.23. The molecule has 0 fully saturated rings. The van der Waals surface area contributed by atoms with E-state index in [2.05, 4.69) is 35.9 Å². The molecular weight excluding hydrogens is 372 g/mol. The second-order valence-electron chi connectivity index (χ2n) is 7.45. The van der Waals surface area contributed by atoms with Crippen molar-refractivity contribution < 1.29 is 12.9 Å². The first kappa shape index (κ1) is 20.1. The SMILES string of the molecule is Cc1noc(NS(=O)(=O)c2ccccc2-c2ccc(CCC(C)C)cc2)c1C. The summed E-state index contributed by atoms with van der Waals surface area (Å²) >= 11 is 0. The summed E-state index contributed by atoms with van der Waals surface area (Å²) in [5.74, 6) is 0.802. The number of nitrogens with one attached hydrogen (secondary N) is 1. The molecule has 0 aliphatic carbocycles. The van der Waals surface area contributed by atoms with Crippen LogP contribution in [0, 0.1) is 19.8 Å². The van der Waals surface area contributed by atoms with Crippen LogP contribution in [0.3, 0.4) is 0 Å². The Morgan fingerprint density at radius 1 is 1.04 bits per heavy atom. The molecule has 1 aromatic heterocycles. The molecule has 6 heteroatoms. The molecule has 3 rings (SSSR count). The third kappa shape index (κ3) is 4.44. The molecule has 0 aliphatic rings. The molecule has 0 radical (unpaired) electrons. The first-order valence-corrected chi connectivity index (χ1v) is 10.9. The molecular formula is C22H26N2O3S. The lowest BCUT2D eigenvalue weighted by atomic mass is 9.99. The van der Waals surface area contributed by atoms with E-state index < -0.39 is 10.0 Å². The minimum absolute atomic E-state index is 0.149. The summed E-state index contributed by atoms with van der Waals surface area (Å²) in [5.41, 5.74) is 4.10. The summed E-state index contributed by atoms with van der Waals surface area (Å²) in [6.07, 6.45) is 2.15. The van der Waals surface area contributed by atoms with E-state index in [1.165, 1.54) is 5.56 Å². The number of hydrogen-bond donors (Lipinski definition) is 1. The molecule has 0 amide bonds. The van der Waals surface area contributed by atoms with Gasteiger partial charge in [0.05, 0.1) is 10.6 Å². The van der Waals surface area contributed by atoms with Gasteiger partial charge in [-0.05, 0) is 49.8 Å². The molecule has 5 nitrogen and oxygen atoms in total. The number of anilines is 1. The molecule has 0 bridgehead atoms. The molecule has 1 heterocycles. The molecule has 0 unspecified atom stereocenters. The molecule has 148 valence electrons. The van der Waals surface area contributed by atoms with Crippen LogP contribution < -0.4 is 4.72 Å². The number of sulfonamides is 1. The Kier molecular flexibility index (Phi) is 5.89. The van der Waals surface area contributed by atoms with Crippen molar-refractivity contribution in [2.75, 3.05) is 4.72 Å². The predicted octanol–water partition coefficient (Wildman–Crippen LogP) is 5.35. The number of aromatic nitrogens is 1. The van der Waals surface area contributed by atoms with Crippen LogP contribution in [0.15, 0.2) is 57.9 Å². The van der Waals surface area contributed by atoms with Crippen LogP contribution in [0.5, 0.6) is 0 Å². The van der Waals surface area contributed by atoms with Crippen LogP contribution >= 0.6 is 0 Å². The van der Waals surface area contributed by atoms with Gasteiger partial charge in [0.2, 0.25) is 5.88 Å². The van der Waals surface area contributed by atoms with Crippen molar-refractivity contribution >= 4 is 15.9 Å². The fourth-order valence-corrected chi connectivity index (χ4v) is 4.21. The third-order valence-electron chi connectivity index (χ3n) is 4.84. The van der Waals surface area contributed by atoms with Gasteiger partial charge in [-0.1, -0.05) is 61.5 Å². The van der Waals surface area contributed by atoms with Gasteiger partial charge in [0.15, 0.2) is 0 Å². The van der Waals surface area contributed by atoms with Gasteiger partial charge in [0.1, 0.15) is 0 Å². The topological polar surface area (TPSA) is 72.2 Å². The lowest BCUT2D eigenvalue weighted by Gasteiger charge is -2.12. The Morgan fingerprint density at radius 3 is 2.32 bits per heavy atom. The average Bonchev–Trinajstić information content (AvgIpc) is 2.98. The maximum Gasteiger partial charge on any atom is 0.264 e. The number of rotatable bonds is 7. The van der Waals surface area contributed by atoms with Gasteiger partial charge in [0.25, 0.3) is 10.0 Å². The Labute approximate surface area is 166 Å². The van der Waals surface area contributed by atoms with Crippen molar-refractivity contribution in [1.29, 1.82) is 0 Å². The Balaban J connectivity index is 1.91. The van der Waals surface area contributed by atoms with Gasteiger partial charge in [-0.3, -0.25) is 0 Å². The summed E-state index contributed by atoms with van der Waals surface area (Å²) in [6, 6.07) is 15.1. The normalized spacial score (nSPS) is 11.8. The maximum absolute atomic E-state index is 13.0. The lowest BCUT2D eigenvalue weighted by molar-refractivity contribution is 0.430. The zero-order chi connectivity index (χ0) is 20.3. The lowest BCUT2D eigenvalue weighted by Crippen LogP contribution is -2.14. The van der Waals surface area contributed by atoms with Crippen LogP contribution in [0.1, 0.15) is 37.1 Å². The van der Waals surface area contributed by atoms with Gasteiger partial charge in [-0.2, -0.15) is 0 Å². The van der Waals surface area contributed by atoms with E-state index in [4.69, 9.17) is 4.52 Å². The highest BCUT2D eigenvalue weighted by Gasteiger charge is 2.22. The maximum atomic E-state index is 13.0. The van der Waals surface area contributed by atoms with Crippen molar-refractivity contribution in [3.63, 3.8) is 0 Å². The monoisotopic (exact) mass is 398 g/mol. The quantitative estimate of drug-likeness (QED) is 0.582. The van der Waals surface area contributed by atoms with Crippen LogP contribution in [0.25, 0.3) is 11.1 Å². The molecule has 2 aromatic carbocycles. The first-order chi connectivity index (χ1) is 13.3. The molecule has 28 heavy (non-hydrogen) atoms. The summed E-state index contributed by atoms with van der Waals surface area (Å²) < 4.78 is 33.6. The molecule has 0 atom stereocenters. The van der Waals surface area contributed by atoms with Crippen LogP contribution in [-0.4, -0.2) is 13.6 Å². The van der Waals surface area contributed by atoms with E-state index in [1.54, 1.807) is 26.0 Å². The second kappa shape index (κ2) is 8.19. The molecule has 0 aliphatic heterocycles. The summed E-state index contributed by atoms with van der Waals surface area (Å²) in [5, 5.41) is 3.81. The average molecular weight is 399 g/mol. The van der Waals surface area contributed by atoms with Crippen molar-refractivity contribution in [2.45, 2.75) is 45.4 Å². The van der Waals surface area contributed by atoms with Crippen molar-refractivity contribution in [3.8, 4) is 11.1 Å². The van der Waals surface area contributed by atoms with Crippen molar-refractivity contribution in [1.82, 2.24) is 5.16 Å². The minimum atomic E-state index is -3.82. The zero-order valence-electron chi connectivity index (χ0n) is 16.7. The first-order valence-electron chi connectivity index (χ1n) is 9.42. The highest BCUT2D eigenvalue weighted by atomic mass is 32.2. The Bertz CT molecular complexity index is 1050. The zero-order valence-corrected chi connectivity index (χ0v) is 17.5. The summed E-state index contributed by atoms with van der Waals surface area (Å²) in [7, 11) is -3.82. The number of hydrogen-bond acceptors (Lipinski definition) is 4. The summed E-state index contributed by atoms with van der Waals surface area (Å²) in [6.45, 7) is 7.96. The van der Waals surface area contributed by atoms with E-state index in [1.807, 2.05) is 24.3 Å². The van der Waals surface area contributed by atoms with Crippen LogP contribution in [0.4, 0.5) is 5.88 Å². The van der Waals surface area contributed by atoms with Gasteiger partial charge in [-0.15, -0.1) is 0 Å². The van der Waals surface area contributed by atoms with Crippen molar-refractivity contribution in [3.05, 3.63) is 65.4 Å². The van der Waals surface area contributed by atoms with E-state index in [9.17, 15) is 8.42 Å². The standard InChI is InChI=1S/C22H26N2O3S/c1-15(2)9-10-18-11-13-19(14-12-18)20-7-5-6-8-21(20)28(25,26)24-22-16(3)17(4)23-27-22/h5-8,11-15,24H,9-10H2,1-4H3. The minimum Gasteiger partial charge on any atom is -0.337 e. The molecule has 3 aromatic rings. The van der Waals surface area contributed by atoms with Crippen molar-refractivity contribution in [2.24, 2.45) is 5.92 Å². The number of benzene rings is 2. The van der Waals surface area contributed by atoms with E-state index in [-0.39, 0.29) is 10.8 Å². The fraction of sp³-hybridized carbons (Fsp3) is 0.318. The molecule has 0 saturated heterocycles. The smallest absolute Gasteiger partial charge is 0.264 e. The number of nitrogens with zero attached hydrogens (tertiary/aromatic N) is 1. The Hall–Kier alpha value is -2.60. The van der Waals surface area contributed by atoms with Crippen LogP contribution in [0.2, 0.25) is 0 Å². The largest absolute Gasteiger partial charge is 0.337 e. The second-order valence-corrected chi connectivity index (χ2v) is 9.10. The van der Waals surface area contributed by atoms with Gasteiger partial charge >= 0.3 is 0 Å². The van der Waals surface area contributed by atoms with Gasteiger partial charge in [-0.25, -0.2) is 13.1 Å². The number of aryl methyl sites for hydroxylation is 2. The fourth-order valence-electron chi connectivity index (χ4n) is 2.93. The highest BCUT2D eigenvalue weighted by molar-refractivity contribution is 7.92. The van der Waals surface area contributed by atoms with Gasteiger partial charge < -0.3 is 4.52 Å². The van der Waals surface area contributed by atoms with E-state index in [0.717, 1.165) is 18.4 Å². The van der Waals surface area contributed by atoms with Gasteiger partial charge in [0, 0.05) is 11.1 Å². The highest BCUT2D eigenvalue weighted by Crippen LogP contribution is 2.30. The van der Waals surface area contributed by atoms with E-state index in [0.29, 0.717) is 22.7 Å². The van der Waals surface area contributed by atoms with Crippen LogP contribution in [-0.2, 0) is 16.4 Å². The predicted molar refractivity (Wildman–Crippen MR) is 112 cm³/mol. The molecule has 0 saturated carbocycles. The molecule has 1 N–H and O–H groups in total.